The summed E-state index contributed by atoms with van der Waals surface area (Å²) in [6, 6.07) is 0. The Balaban J connectivity index is 0.00000392. The van der Waals surface area contributed by atoms with Crippen molar-refractivity contribution >= 4 is 41.5 Å². The van der Waals surface area contributed by atoms with Gasteiger partial charge < -0.3 is 19.9 Å². The molecule has 2 heterocycles. The lowest BCUT2D eigenvalue weighted by molar-refractivity contribution is -0.120. The van der Waals surface area contributed by atoms with Gasteiger partial charge in [-0.2, -0.15) is 5.10 Å². The number of carbonyl (C=O) groups is 1. The lowest BCUT2D eigenvalue weighted by Crippen LogP contribution is -2.55. The Morgan fingerprint density at radius 1 is 1.36 bits per heavy atom. The Hall–Kier alpha value is -1.36. The van der Waals surface area contributed by atoms with Crippen LogP contribution in [0, 0.1) is 5.92 Å². The number of aliphatic imine (C=N–C) groups is 1. The number of nitrogens with one attached hydrogen (secondary N) is 1. The predicted molar refractivity (Wildman–Crippen MR) is 123 cm³/mol. The van der Waals surface area contributed by atoms with Gasteiger partial charge in [-0.1, -0.05) is 13.8 Å². The molecule has 1 aliphatic rings. The van der Waals surface area contributed by atoms with Gasteiger partial charge in [-0.05, 0) is 26.2 Å². The summed E-state index contributed by atoms with van der Waals surface area (Å²) in [5.41, 5.74) is 0.848. The maximum absolute atomic E-state index is 12.6. The van der Waals surface area contributed by atoms with Crippen LogP contribution in [0.25, 0.3) is 0 Å². The molecule has 160 valence electrons. The van der Waals surface area contributed by atoms with Crippen molar-refractivity contribution in [2.45, 2.75) is 40.2 Å². The van der Waals surface area contributed by atoms with Gasteiger partial charge in [0.25, 0.3) is 0 Å². The summed E-state index contributed by atoms with van der Waals surface area (Å²) in [5, 5.41) is 7.47. The van der Waals surface area contributed by atoms with Crippen molar-refractivity contribution in [3.05, 3.63) is 12.4 Å². The third-order valence-corrected chi connectivity index (χ3v) is 4.66. The number of rotatable bonds is 8. The highest BCUT2D eigenvalue weighted by atomic mass is 127. The number of carbonyl (C=O) groups excluding carboxylic acids is 1. The van der Waals surface area contributed by atoms with Gasteiger partial charge in [0.15, 0.2) is 5.96 Å². The van der Waals surface area contributed by atoms with Crippen LogP contribution in [0.15, 0.2) is 17.4 Å². The molecule has 0 saturated carbocycles. The molecule has 9 heteroatoms. The largest absolute Gasteiger partial charge is 0.378 e. The van der Waals surface area contributed by atoms with Crippen LogP contribution in [0.5, 0.6) is 0 Å². The van der Waals surface area contributed by atoms with Gasteiger partial charge in [0.05, 0.1) is 18.0 Å². The summed E-state index contributed by atoms with van der Waals surface area (Å²) in [4.78, 5) is 21.2. The van der Waals surface area contributed by atoms with E-state index in [1.165, 1.54) is 0 Å². The molecule has 1 N–H and O–H groups in total. The number of nitrogens with zero attached hydrogens (tertiary/aromatic N) is 5. The van der Waals surface area contributed by atoms with Gasteiger partial charge >= 0.3 is 0 Å². The first kappa shape index (κ1) is 24.7. The van der Waals surface area contributed by atoms with Gasteiger partial charge in [0, 0.05) is 46.0 Å². The third kappa shape index (κ3) is 6.91. The zero-order valence-corrected chi connectivity index (χ0v) is 20.1. The molecule has 1 atom stereocenters. The van der Waals surface area contributed by atoms with Crippen LogP contribution >= 0.6 is 24.0 Å². The number of guanidine groups is 1. The molecule has 0 aliphatic carbocycles. The number of aromatic nitrogens is 2. The summed E-state index contributed by atoms with van der Waals surface area (Å²) < 4.78 is 7.51. The molecule has 28 heavy (non-hydrogen) atoms. The summed E-state index contributed by atoms with van der Waals surface area (Å²) in [6.45, 7) is 12.3. The van der Waals surface area contributed by atoms with E-state index in [-0.39, 0.29) is 36.0 Å². The van der Waals surface area contributed by atoms with E-state index in [0.717, 1.165) is 37.8 Å². The van der Waals surface area contributed by atoms with Crippen molar-refractivity contribution in [3.63, 3.8) is 0 Å². The van der Waals surface area contributed by atoms with Crippen molar-refractivity contribution in [2.24, 2.45) is 18.0 Å². The van der Waals surface area contributed by atoms with Crippen LogP contribution in [0.2, 0.25) is 0 Å². The van der Waals surface area contributed by atoms with Crippen molar-refractivity contribution in [1.29, 1.82) is 0 Å². The summed E-state index contributed by atoms with van der Waals surface area (Å²) in [6.07, 6.45) is 4.69. The lowest BCUT2D eigenvalue weighted by atomic mass is 10.0. The third-order valence-electron chi connectivity index (χ3n) is 4.66. The standard InChI is InChI=1S/C19H34N6O2.HI/c1-6-20-19(21-9-8-17(15(3)4)27-7-2)24-10-11-25(18(26)14-24)16-12-22-23(5)13-16;/h12-13,15,17H,6-11,14H2,1-5H3,(H,20,21);1H. The molecular formula is C19H35IN6O2. The van der Waals surface area contributed by atoms with E-state index >= 15 is 0 Å². The Kier molecular flexibility index (Phi) is 10.8. The van der Waals surface area contributed by atoms with Crippen molar-refractivity contribution in [2.75, 3.05) is 44.2 Å². The predicted octanol–water partition coefficient (Wildman–Crippen LogP) is 2.10. The van der Waals surface area contributed by atoms with Crippen molar-refractivity contribution in [3.8, 4) is 0 Å². The fourth-order valence-corrected chi connectivity index (χ4v) is 3.22. The second-order valence-electron chi connectivity index (χ2n) is 7.10. The van der Waals surface area contributed by atoms with E-state index in [1.54, 1.807) is 15.8 Å². The van der Waals surface area contributed by atoms with Gasteiger partial charge in [0.1, 0.15) is 6.54 Å². The fraction of sp³-hybridized carbons (Fsp3) is 0.737. The SMILES string of the molecule is CCNC(=NCCC(OCC)C(C)C)N1CCN(c2cnn(C)c2)C(=O)C1.I. The Morgan fingerprint density at radius 3 is 2.64 bits per heavy atom. The lowest BCUT2D eigenvalue weighted by Gasteiger charge is -2.35. The molecule has 2 rings (SSSR count). The average molecular weight is 506 g/mol. The molecular weight excluding hydrogens is 471 g/mol. The molecule has 8 nitrogen and oxygen atoms in total. The van der Waals surface area contributed by atoms with E-state index in [2.05, 4.69) is 24.3 Å². The molecule has 1 amide bonds. The quantitative estimate of drug-likeness (QED) is 0.332. The smallest absolute Gasteiger partial charge is 0.246 e. The van der Waals surface area contributed by atoms with E-state index < -0.39 is 0 Å². The van der Waals surface area contributed by atoms with Crippen LogP contribution in [0.1, 0.15) is 34.1 Å². The molecule has 1 aliphatic heterocycles. The normalized spacial score (nSPS) is 16.4. The van der Waals surface area contributed by atoms with Crippen LogP contribution in [0.4, 0.5) is 5.69 Å². The minimum absolute atomic E-state index is 0. The van der Waals surface area contributed by atoms with Gasteiger partial charge in [0.2, 0.25) is 5.91 Å². The van der Waals surface area contributed by atoms with Gasteiger partial charge in [-0.3, -0.25) is 14.5 Å². The van der Waals surface area contributed by atoms with Crippen LogP contribution in [-0.2, 0) is 16.6 Å². The molecule has 1 aromatic rings. The molecule has 1 saturated heterocycles. The Bertz CT molecular complexity index is 634. The molecule has 0 aromatic carbocycles. The number of hydrogen-bond acceptors (Lipinski definition) is 4. The maximum atomic E-state index is 12.6. The number of ether oxygens (including phenoxy) is 1. The molecule has 0 spiro atoms. The van der Waals surface area contributed by atoms with E-state index in [4.69, 9.17) is 9.73 Å². The van der Waals surface area contributed by atoms with E-state index in [9.17, 15) is 4.79 Å². The summed E-state index contributed by atoms with van der Waals surface area (Å²) in [7, 11) is 1.85. The number of anilines is 1. The van der Waals surface area contributed by atoms with Gasteiger partial charge in [-0.25, -0.2) is 0 Å². The summed E-state index contributed by atoms with van der Waals surface area (Å²) >= 11 is 0. The molecule has 0 radical (unpaired) electrons. The van der Waals surface area contributed by atoms with E-state index in [1.807, 2.05) is 32.0 Å². The highest BCUT2D eigenvalue weighted by Gasteiger charge is 2.27. The van der Waals surface area contributed by atoms with Crippen molar-refractivity contribution < 1.29 is 9.53 Å². The number of piperazine rings is 1. The van der Waals surface area contributed by atoms with E-state index in [0.29, 0.717) is 25.6 Å². The molecule has 0 bridgehead atoms. The van der Waals surface area contributed by atoms with Crippen LogP contribution in [-0.4, -0.2) is 72.0 Å². The van der Waals surface area contributed by atoms with Crippen LogP contribution < -0.4 is 10.2 Å². The topological polar surface area (TPSA) is 75.0 Å². The first-order chi connectivity index (χ1) is 13.0. The first-order valence-electron chi connectivity index (χ1n) is 9.90. The Morgan fingerprint density at radius 2 is 2.11 bits per heavy atom. The monoisotopic (exact) mass is 506 g/mol. The zero-order valence-electron chi connectivity index (χ0n) is 17.7. The number of halogens is 1. The number of hydrogen-bond donors (Lipinski definition) is 1. The second-order valence-corrected chi connectivity index (χ2v) is 7.10. The minimum Gasteiger partial charge on any atom is -0.378 e. The first-order valence-corrected chi connectivity index (χ1v) is 9.90. The van der Waals surface area contributed by atoms with Crippen LogP contribution in [0.3, 0.4) is 0 Å². The molecule has 1 unspecified atom stereocenters. The summed E-state index contributed by atoms with van der Waals surface area (Å²) in [5.74, 6) is 1.33. The molecule has 1 aromatic heterocycles. The molecule has 1 fully saturated rings. The van der Waals surface area contributed by atoms with Gasteiger partial charge in [-0.15, -0.1) is 24.0 Å². The number of amides is 1. The Labute approximate surface area is 185 Å². The maximum Gasteiger partial charge on any atom is 0.246 e. The number of aryl methyl sites for hydroxylation is 1. The highest BCUT2D eigenvalue weighted by molar-refractivity contribution is 14.0. The zero-order chi connectivity index (χ0) is 19.8. The minimum atomic E-state index is 0. The highest BCUT2D eigenvalue weighted by Crippen LogP contribution is 2.16. The second kappa shape index (κ2) is 12.3. The fourth-order valence-electron chi connectivity index (χ4n) is 3.22. The average Bonchev–Trinajstić information content (AvgIpc) is 3.06. The van der Waals surface area contributed by atoms with Crippen molar-refractivity contribution in [1.82, 2.24) is 20.0 Å².